The van der Waals surface area contributed by atoms with E-state index >= 15 is 0 Å². The van der Waals surface area contributed by atoms with Gasteiger partial charge in [0.15, 0.2) is 0 Å². The molecule has 5 heteroatoms. The van der Waals surface area contributed by atoms with E-state index in [1.165, 1.54) is 5.56 Å². The molecule has 0 bridgehead atoms. The van der Waals surface area contributed by atoms with Gasteiger partial charge in [-0.15, -0.1) is 0 Å². The van der Waals surface area contributed by atoms with Gasteiger partial charge >= 0.3 is 6.03 Å². The molecular weight excluding hydrogens is 320 g/mol. The van der Waals surface area contributed by atoms with Crippen LogP contribution >= 0.6 is 11.3 Å². The highest BCUT2D eigenvalue weighted by Gasteiger charge is 2.16. The maximum Gasteiger partial charge on any atom is 0.322 e. The van der Waals surface area contributed by atoms with E-state index in [2.05, 4.69) is 43.6 Å². The van der Waals surface area contributed by atoms with Crippen LogP contribution in [0.1, 0.15) is 31.9 Å². The molecule has 130 valence electrons. The van der Waals surface area contributed by atoms with E-state index in [1.54, 1.807) is 23.3 Å². The van der Waals surface area contributed by atoms with E-state index < -0.39 is 0 Å². The van der Waals surface area contributed by atoms with Crippen molar-refractivity contribution in [2.45, 2.75) is 32.7 Å². The summed E-state index contributed by atoms with van der Waals surface area (Å²) in [6, 6.07) is 9.97. The first-order chi connectivity index (χ1) is 11.4. The fraction of sp³-hybridized carbons (Fsp3) is 0.421. The summed E-state index contributed by atoms with van der Waals surface area (Å²) in [5, 5.41) is 7.06. The normalized spacial score (nSPS) is 11.3. The number of carbonyl (C=O) groups is 1. The van der Waals surface area contributed by atoms with Crippen LogP contribution in [0.3, 0.4) is 0 Å². The minimum absolute atomic E-state index is 0.103. The Morgan fingerprint density at radius 1 is 1.21 bits per heavy atom. The topological polar surface area (TPSA) is 41.6 Å². The van der Waals surface area contributed by atoms with Crippen LogP contribution in [0.15, 0.2) is 41.1 Å². The molecule has 2 rings (SSSR count). The van der Waals surface area contributed by atoms with Gasteiger partial charge in [0.2, 0.25) is 0 Å². The fourth-order valence-electron chi connectivity index (χ4n) is 2.31. The standard InChI is InChI=1S/C19H26N2O2S/c1-19(2,3)16-5-7-17(8-6-16)20-18(22)21(10-11-23-4)13-15-9-12-24-14-15/h5-9,12,14H,10-11,13H2,1-4H3,(H,20,22). The first kappa shape index (κ1) is 18.5. The molecule has 0 fully saturated rings. The monoisotopic (exact) mass is 346 g/mol. The minimum Gasteiger partial charge on any atom is -0.383 e. The highest BCUT2D eigenvalue weighted by Crippen LogP contribution is 2.23. The van der Waals surface area contributed by atoms with E-state index in [0.717, 1.165) is 11.3 Å². The number of urea groups is 1. The summed E-state index contributed by atoms with van der Waals surface area (Å²) in [5.74, 6) is 0. The number of thiophene rings is 1. The van der Waals surface area contributed by atoms with Crippen molar-refractivity contribution in [1.29, 1.82) is 0 Å². The third-order valence-electron chi connectivity index (χ3n) is 3.81. The second-order valence-corrected chi connectivity index (χ2v) is 7.58. The number of ether oxygens (including phenoxy) is 1. The van der Waals surface area contributed by atoms with Gasteiger partial charge in [-0.1, -0.05) is 32.9 Å². The molecule has 1 aromatic carbocycles. The summed E-state index contributed by atoms with van der Waals surface area (Å²) in [6.45, 7) is 8.17. The zero-order valence-corrected chi connectivity index (χ0v) is 15.7. The van der Waals surface area contributed by atoms with Gasteiger partial charge in [0.05, 0.1) is 6.61 Å². The summed E-state index contributed by atoms with van der Waals surface area (Å²) in [6.07, 6.45) is 0. The van der Waals surface area contributed by atoms with Gasteiger partial charge in [-0.25, -0.2) is 4.79 Å². The fourth-order valence-corrected chi connectivity index (χ4v) is 2.97. The van der Waals surface area contributed by atoms with Gasteiger partial charge in [-0.2, -0.15) is 11.3 Å². The van der Waals surface area contributed by atoms with Crippen molar-refractivity contribution in [2.75, 3.05) is 25.6 Å². The molecule has 1 aromatic heterocycles. The second kappa shape index (κ2) is 8.31. The van der Waals surface area contributed by atoms with E-state index in [9.17, 15) is 4.79 Å². The van der Waals surface area contributed by atoms with Crippen LogP contribution in [0.5, 0.6) is 0 Å². The maximum absolute atomic E-state index is 12.6. The van der Waals surface area contributed by atoms with E-state index in [0.29, 0.717) is 19.7 Å². The van der Waals surface area contributed by atoms with Crippen molar-refractivity contribution >= 4 is 23.1 Å². The number of carbonyl (C=O) groups excluding carboxylic acids is 1. The Morgan fingerprint density at radius 3 is 2.46 bits per heavy atom. The lowest BCUT2D eigenvalue weighted by atomic mass is 9.87. The number of hydrogen-bond donors (Lipinski definition) is 1. The van der Waals surface area contributed by atoms with Gasteiger partial charge in [0.25, 0.3) is 0 Å². The third kappa shape index (κ3) is 5.35. The highest BCUT2D eigenvalue weighted by molar-refractivity contribution is 7.07. The Hall–Kier alpha value is -1.85. The number of amides is 2. The molecule has 2 aromatic rings. The molecule has 4 nitrogen and oxygen atoms in total. The quantitative estimate of drug-likeness (QED) is 0.822. The van der Waals surface area contributed by atoms with Crippen LogP contribution in [0.25, 0.3) is 0 Å². The van der Waals surface area contributed by atoms with Crippen LogP contribution in [0.4, 0.5) is 10.5 Å². The Bertz CT molecular complexity index is 630. The Kier molecular flexibility index (Phi) is 6.40. The first-order valence-corrected chi connectivity index (χ1v) is 9.01. The lowest BCUT2D eigenvalue weighted by Gasteiger charge is -2.23. The molecular formula is C19H26N2O2S. The largest absolute Gasteiger partial charge is 0.383 e. The number of methoxy groups -OCH3 is 1. The molecule has 0 atom stereocenters. The molecule has 1 heterocycles. The predicted molar refractivity (Wildman–Crippen MR) is 101 cm³/mol. The van der Waals surface area contributed by atoms with Gasteiger partial charge in [-0.3, -0.25) is 0 Å². The highest BCUT2D eigenvalue weighted by atomic mass is 32.1. The van der Waals surface area contributed by atoms with Gasteiger partial charge in [-0.05, 0) is 45.5 Å². The van der Waals surface area contributed by atoms with Crippen LogP contribution in [0.2, 0.25) is 0 Å². The molecule has 0 saturated heterocycles. The summed E-state index contributed by atoms with van der Waals surface area (Å²) >= 11 is 1.64. The second-order valence-electron chi connectivity index (χ2n) is 6.80. The molecule has 0 aliphatic heterocycles. The smallest absolute Gasteiger partial charge is 0.322 e. The molecule has 2 amide bonds. The number of anilines is 1. The summed E-state index contributed by atoms with van der Waals surface area (Å²) in [7, 11) is 1.64. The zero-order valence-electron chi connectivity index (χ0n) is 14.8. The summed E-state index contributed by atoms with van der Waals surface area (Å²) in [5.41, 5.74) is 3.29. The van der Waals surface area contributed by atoms with Crippen molar-refractivity contribution < 1.29 is 9.53 Å². The molecule has 0 aliphatic rings. The molecule has 0 aliphatic carbocycles. The molecule has 1 N–H and O–H groups in total. The van der Waals surface area contributed by atoms with Crippen LogP contribution < -0.4 is 5.32 Å². The lowest BCUT2D eigenvalue weighted by molar-refractivity contribution is 0.153. The Morgan fingerprint density at radius 2 is 1.92 bits per heavy atom. The third-order valence-corrected chi connectivity index (χ3v) is 4.54. The van der Waals surface area contributed by atoms with Crippen molar-refractivity contribution in [3.8, 4) is 0 Å². The van der Waals surface area contributed by atoms with Crippen molar-refractivity contribution in [3.63, 3.8) is 0 Å². The van der Waals surface area contributed by atoms with Crippen LogP contribution in [0, 0.1) is 0 Å². The molecule has 0 unspecified atom stereocenters. The van der Waals surface area contributed by atoms with E-state index in [1.807, 2.05) is 23.6 Å². The molecule has 0 spiro atoms. The first-order valence-electron chi connectivity index (χ1n) is 8.06. The maximum atomic E-state index is 12.6. The minimum atomic E-state index is -0.109. The average Bonchev–Trinajstić information content (AvgIpc) is 3.04. The number of nitrogens with one attached hydrogen (secondary N) is 1. The van der Waals surface area contributed by atoms with E-state index in [-0.39, 0.29) is 11.4 Å². The van der Waals surface area contributed by atoms with Crippen molar-refractivity contribution in [1.82, 2.24) is 4.90 Å². The Labute approximate surface area is 148 Å². The predicted octanol–water partition coefficient (Wildman–Crippen LogP) is 4.73. The van der Waals surface area contributed by atoms with Gasteiger partial charge in [0, 0.05) is 25.9 Å². The molecule has 24 heavy (non-hydrogen) atoms. The molecule has 0 saturated carbocycles. The Balaban J connectivity index is 2.03. The van der Waals surface area contributed by atoms with Crippen molar-refractivity contribution in [3.05, 3.63) is 52.2 Å². The van der Waals surface area contributed by atoms with E-state index in [4.69, 9.17) is 4.74 Å². The molecule has 0 radical (unpaired) electrons. The SMILES string of the molecule is COCCN(Cc1ccsc1)C(=O)Nc1ccc(C(C)(C)C)cc1. The number of benzene rings is 1. The van der Waals surface area contributed by atoms with Crippen LogP contribution in [-0.4, -0.2) is 31.2 Å². The summed E-state index contributed by atoms with van der Waals surface area (Å²) in [4.78, 5) is 14.4. The van der Waals surface area contributed by atoms with Gasteiger partial charge < -0.3 is 15.0 Å². The van der Waals surface area contributed by atoms with Crippen molar-refractivity contribution in [2.24, 2.45) is 0 Å². The number of hydrogen-bond acceptors (Lipinski definition) is 3. The average molecular weight is 346 g/mol. The van der Waals surface area contributed by atoms with Crippen LogP contribution in [-0.2, 0) is 16.7 Å². The number of nitrogens with zero attached hydrogens (tertiary/aromatic N) is 1. The summed E-state index contributed by atoms with van der Waals surface area (Å²) < 4.78 is 5.13. The zero-order chi connectivity index (χ0) is 17.6. The number of rotatable bonds is 6. The lowest BCUT2D eigenvalue weighted by Crippen LogP contribution is -2.36. The van der Waals surface area contributed by atoms with Gasteiger partial charge in [0.1, 0.15) is 0 Å².